The molecule has 0 saturated carbocycles. The smallest absolute Gasteiger partial charge is 0.326 e. The number of carboxylic acid groups (broad SMARTS) is 1. The summed E-state index contributed by atoms with van der Waals surface area (Å²) < 4.78 is 0. The summed E-state index contributed by atoms with van der Waals surface area (Å²) in [5.74, 6) is 0.287. The summed E-state index contributed by atoms with van der Waals surface area (Å²) in [6.45, 7) is 1.94. The molecule has 0 bridgehead atoms. The van der Waals surface area contributed by atoms with E-state index in [2.05, 4.69) is 5.32 Å². The van der Waals surface area contributed by atoms with E-state index in [4.69, 9.17) is 5.11 Å². The number of anilines is 1. The number of rotatable bonds is 9. The van der Waals surface area contributed by atoms with E-state index in [1.54, 1.807) is 11.8 Å². The maximum Gasteiger partial charge on any atom is 0.326 e. The lowest BCUT2D eigenvalue weighted by atomic mass is 10.2. The highest BCUT2D eigenvalue weighted by atomic mass is 32.2. The first-order chi connectivity index (χ1) is 10.4. The number of thioether (sulfide) groups is 1. The van der Waals surface area contributed by atoms with Crippen molar-refractivity contribution in [1.29, 1.82) is 0 Å². The summed E-state index contributed by atoms with van der Waals surface area (Å²) in [7, 11) is 0. The fourth-order valence-corrected chi connectivity index (χ4v) is 2.39. The van der Waals surface area contributed by atoms with Gasteiger partial charge in [-0.2, -0.15) is 11.8 Å². The third kappa shape index (κ3) is 4.88. The van der Waals surface area contributed by atoms with Crippen LogP contribution in [0.15, 0.2) is 18.2 Å². The minimum Gasteiger partial charge on any atom is -0.480 e. The summed E-state index contributed by atoms with van der Waals surface area (Å²) in [5.41, 5.74) is -1.00. The molecule has 0 saturated heterocycles. The molecule has 0 aliphatic carbocycles. The predicted molar refractivity (Wildman–Crippen MR) is 82.4 cm³/mol. The van der Waals surface area contributed by atoms with Crippen LogP contribution in [0.1, 0.15) is 13.3 Å². The molecule has 0 aromatic heterocycles. The summed E-state index contributed by atoms with van der Waals surface area (Å²) in [6.07, 6.45) is 0.280. The zero-order chi connectivity index (χ0) is 16.7. The van der Waals surface area contributed by atoms with Crippen LogP contribution in [0, 0.1) is 20.2 Å². The van der Waals surface area contributed by atoms with Crippen LogP contribution in [-0.2, 0) is 4.79 Å². The Morgan fingerprint density at radius 2 is 2.05 bits per heavy atom. The zero-order valence-corrected chi connectivity index (χ0v) is 12.5. The molecule has 0 spiro atoms. The molecule has 1 rings (SSSR count). The van der Waals surface area contributed by atoms with E-state index in [9.17, 15) is 25.0 Å². The molecule has 2 N–H and O–H groups in total. The van der Waals surface area contributed by atoms with E-state index in [1.807, 2.05) is 6.92 Å². The predicted octanol–water partition coefficient (Wildman–Crippen LogP) is 2.51. The monoisotopic (exact) mass is 329 g/mol. The first kappa shape index (κ1) is 17.7. The molecule has 120 valence electrons. The highest BCUT2D eigenvalue weighted by Gasteiger charge is 2.24. The third-order valence-corrected chi connectivity index (χ3v) is 3.70. The molecule has 0 heterocycles. The van der Waals surface area contributed by atoms with Crippen molar-refractivity contribution >= 4 is 34.8 Å². The van der Waals surface area contributed by atoms with Crippen molar-refractivity contribution in [3.05, 3.63) is 38.4 Å². The highest BCUT2D eigenvalue weighted by molar-refractivity contribution is 7.99. The van der Waals surface area contributed by atoms with Crippen LogP contribution >= 0.6 is 11.8 Å². The topological polar surface area (TPSA) is 136 Å². The zero-order valence-electron chi connectivity index (χ0n) is 11.7. The minimum absolute atomic E-state index is 0.0514. The maximum absolute atomic E-state index is 11.2. The Labute approximate surface area is 130 Å². The number of nitro groups is 2. The van der Waals surface area contributed by atoms with Gasteiger partial charge in [0.25, 0.3) is 11.4 Å². The second kappa shape index (κ2) is 8.17. The fourth-order valence-electron chi connectivity index (χ4n) is 1.70. The van der Waals surface area contributed by atoms with Crippen molar-refractivity contribution in [2.45, 2.75) is 19.4 Å². The van der Waals surface area contributed by atoms with Gasteiger partial charge >= 0.3 is 5.97 Å². The summed E-state index contributed by atoms with van der Waals surface area (Å²) in [6, 6.07) is 2.05. The second-order valence-electron chi connectivity index (χ2n) is 4.24. The summed E-state index contributed by atoms with van der Waals surface area (Å²) >= 11 is 1.55. The van der Waals surface area contributed by atoms with E-state index in [-0.39, 0.29) is 12.1 Å². The lowest BCUT2D eigenvalue weighted by Gasteiger charge is -2.15. The van der Waals surface area contributed by atoms with Gasteiger partial charge in [0.1, 0.15) is 11.7 Å². The molecule has 0 aliphatic rings. The lowest BCUT2D eigenvalue weighted by molar-refractivity contribution is -0.393. The number of carbonyl (C=O) groups is 1. The second-order valence-corrected chi connectivity index (χ2v) is 5.63. The normalized spacial score (nSPS) is 11.7. The molecule has 0 radical (unpaired) electrons. The molecule has 22 heavy (non-hydrogen) atoms. The Morgan fingerprint density at radius 1 is 1.36 bits per heavy atom. The van der Waals surface area contributed by atoms with Crippen LogP contribution in [0.4, 0.5) is 17.1 Å². The third-order valence-electron chi connectivity index (χ3n) is 2.77. The Balaban J connectivity index is 3.00. The quantitative estimate of drug-likeness (QED) is 0.400. The van der Waals surface area contributed by atoms with Gasteiger partial charge in [-0.25, -0.2) is 4.79 Å². The fraction of sp³-hybridized carbons (Fsp3) is 0.417. The molecular formula is C12H15N3O6S. The SMILES string of the molecule is CCSCC[C@H](Nc1ccc([N+](=O)[O-])cc1[N+](=O)[O-])C(=O)O. The van der Waals surface area contributed by atoms with Crippen LogP contribution in [0.2, 0.25) is 0 Å². The van der Waals surface area contributed by atoms with Gasteiger partial charge in [-0.15, -0.1) is 0 Å². The lowest BCUT2D eigenvalue weighted by Crippen LogP contribution is -2.30. The number of aliphatic carboxylic acids is 1. The first-order valence-electron chi connectivity index (χ1n) is 6.36. The van der Waals surface area contributed by atoms with Gasteiger partial charge in [0.05, 0.1) is 15.9 Å². The van der Waals surface area contributed by atoms with Gasteiger partial charge in [0, 0.05) is 6.07 Å². The molecule has 1 aromatic rings. The summed E-state index contributed by atoms with van der Waals surface area (Å²) in [5, 5.41) is 33.4. The number of hydrogen-bond acceptors (Lipinski definition) is 7. The molecule has 9 nitrogen and oxygen atoms in total. The molecule has 10 heteroatoms. The molecule has 0 fully saturated rings. The van der Waals surface area contributed by atoms with Crippen LogP contribution in [0.25, 0.3) is 0 Å². The number of hydrogen-bond donors (Lipinski definition) is 2. The van der Waals surface area contributed by atoms with Gasteiger partial charge in [-0.1, -0.05) is 6.92 Å². The van der Waals surface area contributed by atoms with E-state index in [0.717, 1.165) is 24.0 Å². The summed E-state index contributed by atoms with van der Waals surface area (Å²) in [4.78, 5) is 31.3. The minimum atomic E-state index is -1.13. The van der Waals surface area contributed by atoms with E-state index in [1.165, 1.54) is 0 Å². The van der Waals surface area contributed by atoms with E-state index in [0.29, 0.717) is 5.75 Å². The molecule has 0 amide bonds. The van der Waals surface area contributed by atoms with Gasteiger partial charge in [0.2, 0.25) is 0 Å². The number of benzene rings is 1. The van der Waals surface area contributed by atoms with Crippen LogP contribution < -0.4 is 5.32 Å². The maximum atomic E-state index is 11.2. The van der Waals surface area contributed by atoms with E-state index < -0.39 is 33.2 Å². The van der Waals surface area contributed by atoms with Crippen molar-refractivity contribution in [2.75, 3.05) is 16.8 Å². The van der Waals surface area contributed by atoms with Crippen LogP contribution in [0.3, 0.4) is 0 Å². The Bertz CT molecular complexity index is 580. The molecule has 0 aliphatic heterocycles. The highest BCUT2D eigenvalue weighted by Crippen LogP contribution is 2.29. The van der Waals surface area contributed by atoms with E-state index >= 15 is 0 Å². The van der Waals surface area contributed by atoms with Crippen LogP contribution in [-0.4, -0.2) is 38.5 Å². The van der Waals surface area contributed by atoms with Crippen molar-refractivity contribution in [3.8, 4) is 0 Å². The number of carboxylic acids is 1. The average Bonchev–Trinajstić information content (AvgIpc) is 2.45. The van der Waals surface area contributed by atoms with Crippen molar-refractivity contribution in [2.24, 2.45) is 0 Å². The van der Waals surface area contributed by atoms with Gasteiger partial charge in [-0.05, 0) is 24.0 Å². The number of nitro benzene ring substituents is 2. The van der Waals surface area contributed by atoms with Gasteiger partial charge in [-0.3, -0.25) is 20.2 Å². The standard InChI is InChI=1S/C12H15N3O6S/c1-2-22-6-5-10(12(16)17)13-9-4-3-8(14(18)19)7-11(9)15(20)21/h3-4,7,10,13H,2,5-6H2,1H3,(H,16,17)/t10-/m0/s1. The van der Waals surface area contributed by atoms with Crippen molar-refractivity contribution < 1.29 is 19.7 Å². The first-order valence-corrected chi connectivity index (χ1v) is 7.52. The molecule has 0 unspecified atom stereocenters. The molecular weight excluding hydrogens is 314 g/mol. The Kier molecular flexibility index (Phi) is 6.57. The number of non-ortho nitro benzene ring substituents is 1. The van der Waals surface area contributed by atoms with Gasteiger partial charge < -0.3 is 10.4 Å². The number of nitrogens with one attached hydrogen (secondary N) is 1. The molecule has 1 aromatic carbocycles. The molecule has 1 atom stereocenters. The van der Waals surface area contributed by atoms with Gasteiger partial charge in [0.15, 0.2) is 0 Å². The van der Waals surface area contributed by atoms with Crippen molar-refractivity contribution in [3.63, 3.8) is 0 Å². The number of nitrogens with zero attached hydrogens (tertiary/aromatic N) is 2. The van der Waals surface area contributed by atoms with Crippen LogP contribution in [0.5, 0.6) is 0 Å². The Morgan fingerprint density at radius 3 is 2.55 bits per heavy atom. The van der Waals surface area contributed by atoms with Crippen molar-refractivity contribution in [1.82, 2.24) is 0 Å². The Hall–Kier alpha value is -2.36. The largest absolute Gasteiger partial charge is 0.480 e. The average molecular weight is 329 g/mol.